The second-order valence-corrected chi connectivity index (χ2v) is 3.97. The van der Waals surface area contributed by atoms with E-state index in [4.69, 9.17) is 9.15 Å². The van der Waals surface area contributed by atoms with Gasteiger partial charge in [0, 0.05) is 13.5 Å². The lowest BCUT2D eigenvalue weighted by Crippen LogP contribution is -2.43. The molecule has 0 aliphatic rings. The highest BCUT2D eigenvalue weighted by molar-refractivity contribution is 5.84. The number of rotatable bonds is 5. The first-order chi connectivity index (χ1) is 7.49. The number of aromatic nitrogens is 1. The molecular weight excluding hydrogens is 208 g/mol. The topological polar surface area (TPSA) is 64.4 Å². The van der Waals surface area contributed by atoms with Gasteiger partial charge in [0.2, 0.25) is 5.89 Å². The number of oxazole rings is 1. The summed E-state index contributed by atoms with van der Waals surface area (Å²) in [4.78, 5) is 15.7. The molecule has 0 spiro atoms. The van der Waals surface area contributed by atoms with Gasteiger partial charge in [-0.1, -0.05) is 6.92 Å². The molecule has 0 aliphatic carbocycles. The molecule has 0 aliphatic heterocycles. The van der Waals surface area contributed by atoms with E-state index in [-0.39, 0.29) is 12.5 Å². The Hall–Kier alpha value is -1.36. The molecule has 1 N–H and O–H groups in total. The zero-order chi connectivity index (χ0) is 12.2. The summed E-state index contributed by atoms with van der Waals surface area (Å²) < 4.78 is 10.4. The molecule has 90 valence electrons. The number of nitrogens with zero attached hydrogens (tertiary/aromatic N) is 1. The van der Waals surface area contributed by atoms with Gasteiger partial charge in [-0.2, -0.15) is 0 Å². The number of amides is 1. The van der Waals surface area contributed by atoms with Crippen LogP contribution in [0.25, 0.3) is 0 Å². The van der Waals surface area contributed by atoms with Crippen LogP contribution in [-0.4, -0.2) is 23.6 Å². The maximum Gasteiger partial charge on any atom is 0.252 e. The molecule has 0 fully saturated rings. The van der Waals surface area contributed by atoms with Crippen molar-refractivity contribution < 1.29 is 13.9 Å². The predicted molar refractivity (Wildman–Crippen MR) is 58.8 cm³/mol. The summed E-state index contributed by atoms with van der Waals surface area (Å²) in [6.45, 7) is 5.67. The van der Waals surface area contributed by atoms with E-state index in [0.29, 0.717) is 5.89 Å². The summed E-state index contributed by atoms with van der Waals surface area (Å²) in [5.74, 6) is 1.14. The predicted octanol–water partition coefficient (Wildman–Crippen LogP) is 1.28. The Balaban J connectivity index is 2.49. The Morgan fingerprint density at radius 2 is 2.31 bits per heavy atom. The third-order valence-electron chi connectivity index (χ3n) is 2.41. The Labute approximate surface area is 95.2 Å². The quantitative estimate of drug-likeness (QED) is 0.821. The summed E-state index contributed by atoms with van der Waals surface area (Å²) in [5, 5.41) is 2.71. The fourth-order valence-corrected chi connectivity index (χ4v) is 1.05. The number of hydrogen-bond donors (Lipinski definition) is 1. The van der Waals surface area contributed by atoms with Crippen molar-refractivity contribution in [1.82, 2.24) is 10.3 Å². The molecule has 0 aromatic carbocycles. The van der Waals surface area contributed by atoms with Crippen LogP contribution in [0.5, 0.6) is 0 Å². The number of methoxy groups -OCH3 is 1. The lowest BCUT2D eigenvalue weighted by molar-refractivity contribution is -0.139. The van der Waals surface area contributed by atoms with Gasteiger partial charge in [-0.25, -0.2) is 4.98 Å². The molecule has 5 nitrogen and oxygen atoms in total. The standard InChI is InChI=1S/C11H18N2O3/c1-5-8-6-12-9(16-8)7-13-10(14)11(2,3)15-4/h6H,5,7H2,1-4H3,(H,13,14). The number of ether oxygens (including phenoxy) is 1. The molecule has 0 atom stereocenters. The summed E-state index contributed by atoms with van der Waals surface area (Å²) in [5.41, 5.74) is -0.833. The van der Waals surface area contributed by atoms with Crippen molar-refractivity contribution in [2.24, 2.45) is 0 Å². The fourth-order valence-electron chi connectivity index (χ4n) is 1.05. The third kappa shape index (κ3) is 3.06. The van der Waals surface area contributed by atoms with Gasteiger partial charge in [0.25, 0.3) is 5.91 Å². The van der Waals surface area contributed by atoms with Gasteiger partial charge in [-0.15, -0.1) is 0 Å². The van der Waals surface area contributed by atoms with E-state index >= 15 is 0 Å². The molecule has 0 saturated heterocycles. The molecule has 16 heavy (non-hydrogen) atoms. The Morgan fingerprint density at radius 1 is 1.62 bits per heavy atom. The molecule has 0 saturated carbocycles. The maximum atomic E-state index is 11.6. The van der Waals surface area contributed by atoms with Gasteiger partial charge in [0.05, 0.1) is 12.7 Å². The van der Waals surface area contributed by atoms with Crippen molar-refractivity contribution in [2.75, 3.05) is 7.11 Å². The minimum atomic E-state index is -0.833. The average Bonchev–Trinajstić information content (AvgIpc) is 2.73. The normalized spacial score (nSPS) is 11.5. The van der Waals surface area contributed by atoms with Crippen molar-refractivity contribution >= 4 is 5.91 Å². The van der Waals surface area contributed by atoms with Gasteiger partial charge in [-0.3, -0.25) is 4.79 Å². The van der Waals surface area contributed by atoms with Crippen LogP contribution < -0.4 is 5.32 Å². The number of carbonyl (C=O) groups is 1. The number of aryl methyl sites for hydroxylation is 1. The summed E-state index contributed by atoms with van der Waals surface area (Å²) in [6, 6.07) is 0. The fraction of sp³-hybridized carbons (Fsp3) is 0.636. The van der Waals surface area contributed by atoms with Crippen LogP contribution in [0.2, 0.25) is 0 Å². The van der Waals surface area contributed by atoms with E-state index in [1.807, 2.05) is 6.92 Å². The Kier molecular flexibility index (Phi) is 4.06. The van der Waals surface area contributed by atoms with E-state index < -0.39 is 5.60 Å². The molecule has 0 radical (unpaired) electrons. The highest BCUT2D eigenvalue weighted by atomic mass is 16.5. The van der Waals surface area contributed by atoms with Crippen LogP contribution in [-0.2, 0) is 22.5 Å². The second-order valence-electron chi connectivity index (χ2n) is 3.97. The lowest BCUT2D eigenvalue weighted by atomic mass is 10.1. The molecular formula is C11H18N2O3. The van der Waals surface area contributed by atoms with Crippen LogP contribution in [0.3, 0.4) is 0 Å². The molecule has 1 rings (SSSR count). The summed E-state index contributed by atoms with van der Waals surface area (Å²) in [6.07, 6.45) is 2.47. The Bertz CT molecular complexity index is 358. The largest absolute Gasteiger partial charge is 0.444 e. The molecule has 1 aromatic rings. The summed E-state index contributed by atoms with van der Waals surface area (Å²) in [7, 11) is 1.50. The van der Waals surface area contributed by atoms with Crippen molar-refractivity contribution in [2.45, 2.75) is 39.3 Å². The van der Waals surface area contributed by atoms with E-state index in [9.17, 15) is 4.79 Å². The first kappa shape index (κ1) is 12.7. The minimum absolute atomic E-state index is 0.189. The lowest BCUT2D eigenvalue weighted by Gasteiger charge is -2.20. The molecule has 0 unspecified atom stereocenters. The maximum absolute atomic E-state index is 11.6. The zero-order valence-electron chi connectivity index (χ0n) is 10.2. The first-order valence-corrected chi connectivity index (χ1v) is 5.26. The van der Waals surface area contributed by atoms with Crippen LogP contribution in [0, 0.1) is 0 Å². The SMILES string of the molecule is CCc1cnc(CNC(=O)C(C)(C)OC)o1. The molecule has 1 amide bonds. The number of nitrogens with one attached hydrogen (secondary N) is 1. The average molecular weight is 226 g/mol. The Morgan fingerprint density at radius 3 is 2.81 bits per heavy atom. The van der Waals surface area contributed by atoms with E-state index in [0.717, 1.165) is 12.2 Å². The first-order valence-electron chi connectivity index (χ1n) is 5.26. The molecule has 1 aromatic heterocycles. The molecule has 1 heterocycles. The van der Waals surface area contributed by atoms with Gasteiger partial charge in [-0.05, 0) is 13.8 Å². The van der Waals surface area contributed by atoms with Gasteiger partial charge in [0.15, 0.2) is 0 Å². The smallest absolute Gasteiger partial charge is 0.252 e. The zero-order valence-corrected chi connectivity index (χ0v) is 10.2. The second kappa shape index (κ2) is 5.12. The van der Waals surface area contributed by atoms with Crippen molar-refractivity contribution in [3.05, 3.63) is 17.8 Å². The number of hydrogen-bond acceptors (Lipinski definition) is 4. The van der Waals surface area contributed by atoms with Gasteiger partial charge >= 0.3 is 0 Å². The van der Waals surface area contributed by atoms with E-state index in [1.54, 1.807) is 20.0 Å². The van der Waals surface area contributed by atoms with Crippen LogP contribution in [0.1, 0.15) is 32.4 Å². The summed E-state index contributed by atoms with van der Waals surface area (Å²) >= 11 is 0. The van der Waals surface area contributed by atoms with Gasteiger partial charge in [0.1, 0.15) is 11.4 Å². The van der Waals surface area contributed by atoms with Crippen molar-refractivity contribution in [1.29, 1.82) is 0 Å². The minimum Gasteiger partial charge on any atom is -0.444 e. The van der Waals surface area contributed by atoms with E-state index in [1.165, 1.54) is 7.11 Å². The monoisotopic (exact) mass is 226 g/mol. The van der Waals surface area contributed by atoms with Crippen molar-refractivity contribution in [3.63, 3.8) is 0 Å². The highest BCUT2D eigenvalue weighted by Crippen LogP contribution is 2.08. The highest BCUT2D eigenvalue weighted by Gasteiger charge is 2.26. The van der Waals surface area contributed by atoms with Crippen LogP contribution in [0.4, 0.5) is 0 Å². The van der Waals surface area contributed by atoms with Crippen LogP contribution in [0.15, 0.2) is 10.6 Å². The van der Waals surface area contributed by atoms with Gasteiger partial charge < -0.3 is 14.5 Å². The van der Waals surface area contributed by atoms with E-state index in [2.05, 4.69) is 10.3 Å². The molecule has 0 bridgehead atoms. The van der Waals surface area contributed by atoms with Crippen LogP contribution >= 0.6 is 0 Å². The number of carbonyl (C=O) groups excluding carboxylic acids is 1. The third-order valence-corrected chi connectivity index (χ3v) is 2.41. The van der Waals surface area contributed by atoms with Crippen molar-refractivity contribution in [3.8, 4) is 0 Å². The molecule has 5 heteroatoms.